The number of hydrogen-bond donors (Lipinski definition) is 0. The van der Waals surface area contributed by atoms with Crippen molar-refractivity contribution >= 4 is 43.9 Å². The second kappa shape index (κ2) is 11.4. The van der Waals surface area contributed by atoms with Crippen molar-refractivity contribution in [3.63, 3.8) is 0 Å². The van der Waals surface area contributed by atoms with Gasteiger partial charge in [-0.2, -0.15) is 0 Å². The minimum absolute atomic E-state index is 0.0900. The second-order valence-corrected chi connectivity index (χ2v) is 10.8. The Morgan fingerprint density at radius 2 is 1.04 bits per heavy atom. The molecule has 0 amide bonds. The van der Waals surface area contributed by atoms with E-state index in [-0.39, 0.29) is 27.5 Å². The van der Waals surface area contributed by atoms with E-state index >= 15 is 0 Å². The fourth-order valence-electron chi connectivity index (χ4n) is 5.69. The topological polar surface area (TPSA) is 65.0 Å². The highest BCUT2D eigenvalue weighted by Gasteiger charge is 2.19. The maximum Gasteiger partial charge on any atom is 0.164 e. The third-order valence-electron chi connectivity index (χ3n) is 7.93. The van der Waals surface area contributed by atoms with Gasteiger partial charge in [0.2, 0.25) is 0 Å². The molecule has 0 radical (unpaired) electrons. The molecular formula is C45H27N3O2. The van der Waals surface area contributed by atoms with Gasteiger partial charge in [-0.05, 0) is 40.9 Å². The summed E-state index contributed by atoms with van der Waals surface area (Å²) >= 11 is 0. The van der Waals surface area contributed by atoms with E-state index in [1.165, 1.54) is 0 Å². The molecule has 0 unspecified atom stereocenters. The van der Waals surface area contributed by atoms with E-state index < -0.39 is 172 Å². The minimum Gasteiger partial charge on any atom is -0.456 e. The highest BCUT2D eigenvalue weighted by molar-refractivity contribution is 6.14. The standard InChI is InChI=1S/C45H27N3O2/c1-3-11-28(12-4-1)29-21-23-31(24-22-29)44-46-43(30-13-5-2-6-14-30)47-45(48-44)37-18-10-20-39-41(37)36-26-25-32(27-40(36)49-39)33-16-9-17-35-34-15-7-8-19-38(34)50-42(33)35/h1-27H/i1D,2D,3D,4D,5D,6D,10D,11D,12D,13D,14D,18D,20D,21D,22D,23D,24D,25D,26D,27D. The van der Waals surface area contributed by atoms with Crippen LogP contribution in [0.1, 0.15) is 27.4 Å². The van der Waals surface area contributed by atoms with E-state index in [0.29, 0.717) is 16.6 Å². The summed E-state index contributed by atoms with van der Waals surface area (Å²) in [4.78, 5) is 13.2. The van der Waals surface area contributed by atoms with Crippen LogP contribution in [0.2, 0.25) is 0 Å². The molecule has 5 heteroatoms. The van der Waals surface area contributed by atoms with Crippen molar-refractivity contribution in [1.82, 2.24) is 15.0 Å². The highest BCUT2D eigenvalue weighted by Crippen LogP contribution is 2.40. The first kappa shape index (κ1) is 14.7. The first-order valence-corrected chi connectivity index (χ1v) is 15.0. The van der Waals surface area contributed by atoms with Gasteiger partial charge >= 0.3 is 0 Å². The van der Waals surface area contributed by atoms with Gasteiger partial charge in [0.25, 0.3) is 0 Å². The fourth-order valence-corrected chi connectivity index (χ4v) is 5.69. The molecular weight excluding hydrogens is 615 g/mol. The number of rotatable bonds is 5. The van der Waals surface area contributed by atoms with Gasteiger partial charge in [-0.15, -0.1) is 0 Å². The Morgan fingerprint density at radius 3 is 1.84 bits per heavy atom. The quantitative estimate of drug-likeness (QED) is 0.184. The van der Waals surface area contributed by atoms with Gasteiger partial charge in [0.05, 0.1) is 27.4 Å². The molecule has 0 atom stereocenters. The van der Waals surface area contributed by atoms with E-state index in [0.717, 1.165) is 5.39 Å². The summed E-state index contributed by atoms with van der Waals surface area (Å²) in [5.41, 5.74) is -3.06. The van der Waals surface area contributed by atoms with Gasteiger partial charge in [-0.25, -0.2) is 15.0 Å². The monoisotopic (exact) mass is 661 g/mol. The van der Waals surface area contributed by atoms with Crippen LogP contribution in [-0.2, 0) is 0 Å². The first-order valence-electron chi connectivity index (χ1n) is 25.0. The van der Waals surface area contributed by atoms with Crippen LogP contribution in [0.15, 0.2) is 172 Å². The molecule has 0 aliphatic heterocycles. The molecule has 0 aliphatic carbocycles. The molecule has 0 saturated heterocycles. The number of fused-ring (bicyclic) bond motifs is 6. The molecule has 234 valence electrons. The molecule has 3 aromatic heterocycles. The molecule has 0 N–H and O–H groups in total. The van der Waals surface area contributed by atoms with Crippen molar-refractivity contribution in [2.24, 2.45) is 0 Å². The van der Waals surface area contributed by atoms with Gasteiger partial charge in [-0.1, -0.05) is 139 Å². The van der Waals surface area contributed by atoms with E-state index in [1.54, 1.807) is 30.3 Å². The number of furan rings is 2. The lowest BCUT2D eigenvalue weighted by atomic mass is 9.99. The molecule has 7 aromatic carbocycles. The Morgan fingerprint density at radius 1 is 0.400 bits per heavy atom. The third kappa shape index (κ3) is 4.67. The van der Waals surface area contributed by atoms with Gasteiger partial charge in [0.1, 0.15) is 22.3 Å². The van der Waals surface area contributed by atoms with Crippen LogP contribution in [0.5, 0.6) is 0 Å². The molecule has 50 heavy (non-hydrogen) atoms. The SMILES string of the molecule is [2H]c1c([2H])c([2H])c(-c2nc(-c3c([2H])c([2H])c(-c4c([2H])c([2H])c([2H])c([2H])c4[2H])c([2H])c3[2H])nc(-c3c([2H])c([2H])c([2H])c4oc5c([2H])c(-c6cccc7c6oc6ccccc67)c([2H])c([2H])c5c34)n2)c([2H])c1[2H]. The van der Waals surface area contributed by atoms with E-state index in [1.807, 2.05) is 12.1 Å². The maximum atomic E-state index is 9.48. The van der Waals surface area contributed by atoms with Crippen LogP contribution >= 0.6 is 0 Å². The van der Waals surface area contributed by atoms with Crippen molar-refractivity contribution in [1.29, 1.82) is 0 Å². The van der Waals surface area contributed by atoms with Crippen LogP contribution in [0, 0.1) is 0 Å². The van der Waals surface area contributed by atoms with Crippen LogP contribution in [0.25, 0.3) is 100 Å². The van der Waals surface area contributed by atoms with Gasteiger partial charge in [-0.3, -0.25) is 0 Å². The van der Waals surface area contributed by atoms with Gasteiger partial charge in [0, 0.05) is 43.8 Å². The van der Waals surface area contributed by atoms with Crippen LogP contribution in [-0.4, -0.2) is 15.0 Å². The second-order valence-electron chi connectivity index (χ2n) is 10.8. The number of aromatic nitrogens is 3. The van der Waals surface area contributed by atoms with Crippen molar-refractivity contribution in [2.75, 3.05) is 0 Å². The predicted octanol–water partition coefficient (Wildman–Crippen LogP) is 12.0. The number of para-hydroxylation sites is 2. The lowest BCUT2D eigenvalue weighted by molar-refractivity contribution is 0.668. The van der Waals surface area contributed by atoms with Crippen molar-refractivity contribution in [3.05, 3.63) is 163 Å². The average Bonchev–Trinajstić information content (AvgIpc) is 3.93. The molecule has 0 fully saturated rings. The fraction of sp³-hybridized carbons (Fsp3) is 0. The zero-order valence-electron chi connectivity index (χ0n) is 45.2. The van der Waals surface area contributed by atoms with Crippen molar-refractivity contribution in [3.8, 4) is 56.4 Å². The Hall–Kier alpha value is -6.85. The molecule has 5 nitrogen and oxygen atoms in total. The maximum absolute atomic E-state index is 9.48. The Balaban J connectivity index is 1.31. The zero-order valence-corrected chi connectivity index (χ0v) is 25.2. The summed E-state index contributed by atoms with van der Waals surface area (Å²) in [6.45, 7) is 0. The normalized spacial score (nSPS) is 17.2. The summed E-state index contributed by atoms with van der Waals surface area (Å²) in [6, 6.07) is -3.43. The van der Waals surface area contributed by atoms with Crippen molar-refractivity contribution in [2.45, 2.75) is 0 Å². The van der Waals surface area contributed by atoms with E-state index in [4.69, 9.17) is 30.8 Å². The minimum atomic E-state index is -0.933. The highest BCUT2D eigenvalue weighted by atomic mass is 16.3. The number of nitrogens with zero attached hydrogens (tertiary/aromatic N) is 3. The first-order chi connectivity index (χ1) is 33.1. The predicted molar refractivity (Wildman–Crippen MR) is 202 cm³/mol. The number of hydrogen-bond acceptors (Lipinski definition) is 5. The summed E-state index contributed by atoms with van der Waals surface area (Å²) in [7, 11) is 0. The smallest absolute Gasteiger partial charge is 0.164 e. The summed E-state index contributed by atoms with van der Waals surface area (Å²) in [6.07, 6.45) is 0. The molecule has 0 spiro atoms. The number of benzene rings is 7. The van der Waals surface area contributed by atoms with Crippen molar-refractivity contribution < 1.29 is 36.2 Å². The Labute approximate surface area is 315 Å². The lowest BCUT2D eigenvalue weighted by Crippen LogP contribution is -2.00. The molecule has 3 heterocycles. The average molecular weight is 662 g/mol. The summed E-state index contributed by atoms with van der Waals surface area (Å²) < 4.78 is 188. The summed E-state index contributed by atoms with van der Waals surface area (Å²) in [5.74, 6) is -2.20. The Kier molecular flexibility index (Phi) is 3.36. The van der Waals surface area contributed by atoms with Crippen LogP contribution < -0.4 is 0 Å². The van der Waals surface area contributed by atoms with Gasteiger partial charge in [0.15, 0.2) is 17.5 Å². The van der Waals surface area contributed by atoms with Crippen LogP contribution in [0.4, 0.5) is 0 Å². The molecule has 0 bridgehead atoms. The Bertz CT molecular complexity index is 3950. The van der Waals surface area contributed by atoms with E-state index in [9.17, 15) is 5.48 Å². The molecule has 0 aliphatic rings. The lowest BCUT2D eigenvalue weighted by Gasteiger charge is -2.10. The van der Waals surface area contributed by atoms with Crippen LogP contribution in [0.3, 0.4) is 0 Å². The zero-order chi connectivity index (χ0) is 50.4. The molecule has 0 saturated carbocycles. The largest absolute Gasteiger partial charge is 0.456 e. The van der Waals surface area contributed by atoms with Gasteiger partial charge < -0.3 is 8.83 Å². The molecule has 10 aromatic rings. The summed E-state index contributed by atoms with van der Waals surface area (Å²) in [5, 5.41) is 0.769. The third-order valence-corrected chi connectivity index (χ3v) is 7.93. The molecule has 10 rings (SSSR count). The van der Waals surface area contributed by atoms with E-state index in [2.05, 4.69) is 15.0 Å².